The number of carbonyl (C=O) groups excluding carboxylic acids is 1. The van der Waals surface area contributed by atoms with Gasteiger partial charge in [-0.2, -0.15) is 4.31 Å². The van der Waals surface area contributed by atoms with Crippen molar-refractivity contribution < 1.29 is 13.2 Å². The van der Waals surface area contributed by atoms with Gasteiger partial charge in [-0.15, -0.1) is 0 Å². The average molecular weight is 416 g/mol. The number of aryl methyl sites for hydroxylation is 2. The second kappa shape index (κ2) is 7.76. The van der Waals surface area contributed by atoms with Gasteiger partial charge in [-0.05, 0) is 60.0 Å². The second-order valence-corrected chi connectivity index (χ2v) is 8.99. The zero-order chi connectivity index (χ0) is 21.3. The number of carbonyl (C=O) groups is 1. The van der Waals surface area contributed by atoms with E-state index in [4.69, 9.17) is 0 Å². The summed E-state index contributed by atoms with van der Waals surface area (Å²) in [5.74, 6) is -0.579. The SMILES string of the molecule is Cc1ccc(C)c(N(C(=O)c2cccc3ccccc23)S(=O)(=O)c2ccccc2)c1. The van der Waals surface area contributed by atoms with E-state index in [9.17, 15) is 13.2 Å². The standard InChI is InChI=1S/C25H21NO3S/c1-18-15-16-19(2)24(17-18)26(30(28,29)21-11-4-3-5-12-21)25(27)23-14-8-10-20-9-6-7-13-22(20)23/h3-17H,1-2H3. The van der Waals surface area contributed by atoms with Gasteiger partial charge in [-0.3, -0.25) is 4.79 Å². The molecule has 0 aliphatic rings. The van der Waals surface area contributed by atoms with Gasteiger partial charge in [0.25, 0.3) is 15.9 Å². The molecule has 0 radical (unpaired) electrons. The summed E-state index contributed by atoms with van der Waals surface area (Å²) in [6.45, 7) is 3.68. The van der Waals surface area contributed by atoms with Gasteiger partial charge in [0.05, 0.1) is 10.6 Å². The van der Waals surface area contributed by atoms with Gasteiger partial charge in [0.2, 0.25) is 0 Å². The normalized spacial score (nSPS) is 11.4. The Balaban J connectivity index is 1.98. The van der Waals surface area contributed by atoms with Crippen LogP contribution in [0.2, 0.25) is 0 Å². The fourth-order valence-electron chi connectivity index (χ4n) is 3.51. The van der Waals surface area contributed by atoms with Gasteiger partial charge in [0.15, 0.2) is 0 Å². The summed E-state index contributed by atoms with van der Waals surface area (Å²) in [6.07, 6.45) is 0. The van der Waals surface area contributed by atoms with Crippen LogP contribution < -0.4 is 4.31 Å². The highest BCUT2D eigenvalue weighted by molar-refractivity contribution is 7.93. The number of fused-ring (bicyclic) bond motifs is 1. The van der Waals surface area contributed by atoms with Crippen molar-refractivity contribution in [3.63, 3.8) is 0 Å². The van der Waals surface area contributed by atoms with E-state index in [1.54, 1.807) is 43.3 Å². The maximum absolute atomic E-state index is 13.8. The molecule has 0 fully saturated rings. The Labute approximate surface area is 176 Å². The van der Waals surface area contributed by atoms with E-state index in [-0.39, 0.29) is 4.90 Å². The molecule has 0 aliphatic carbocycles. The van der Waals surface area contributed by atoms with Crippen molar-refractivity contribution in [2.24, 2.45) is 0 Å². The lowest BCUT2D eigenvalue weighted by Crippen LogP contribution is -2.37. The molecular formula is C25H21NO3S. The third-order valence-electron chi connectivity index (χ3n) is 5.07. The topological polar surface area (TPSA) is 54.5 Å². The first-order chi connectivity index (χ1) is 14.4. The first kappa shape index (κ1) is 19.9. The fraction of sp³-hybridized carbons (Fsp3) is 0.0800. The lowest BCUT2D eigenvalue weighted by atomic mass is 10.0. The molecule has 0 aromatic heterocycles. The Morgan fingerprint density at radius 3 is 2.20 bits per heavy atom. The molecule has 0 unspecified atom stereocenters. The number of sulfonamides is 1. The Kier molecular flexibility index (Phi) is 5.14. The number of nitrogens with zero attached hydrogens (tertiary/aromatic N) is 1. The fourth-order valence-corrected chi connectivity index (χ4v) is 4.99. The third kappa shape index (κ3) is 3.48. The summed E-state index contributed by atoms with van der Waals surface area (Å²) < 4.78 is 28.2. The van der Waals surface area contributed by atoms with E-state index in [1.165, 1.54) is 12.1 Å². The molecule has 0 bridgehead atoms. The molecule has 0 spiro atoms. The largest absolute Gasteiger partial charge is 0.272 e. The predicted octanol–water partition coefficient (Wildman–Crippen LogP) is 5.49. The molecule has 0 heterocycles. The lowest BCUT2D eigenvalue weighted by molar-refractivity contribution is 0.101. The first-order valence-electron chi connectivity index (χ1n) is 9.59. The van der Waals surface area contributed by atoms with Crippen LogP contribution in [0.5, 0.6) is 0 Å². The summed E-state index contributed by atoms with van der Waals surface area (Å²) in [4.78, 5) is 13.9. The summed E-state index contributed by atoms with van der Waals surface area (Å²) in [5.41, 5.74) is 2.27. The highest BCUT2D eigenvalue weighted by Crippen LogP contribution is 2.31. The highest BCUT2D eigenvalue weighted by Gasteiger charge is 2.33. The van der Waals surface area contributed by atoms with Crippen LogP contribution in [0.15, 0.2) is 95.9 Å². The molecule has 0 N–H and O–H groups in total. The molecule has 1 amide bonds. The van der Waals surface area contributed by atoms with Crippen molar-refractivity contribution in [1.82, 2.24) is 0 Å². The van der Waals surface area contributed by atoms with Crippen LogP contribution in [0.4, 0.5) is 5.69 Å². The van der Waals surface area contributed by atoms with Gasteiger partial charge in [0, 0.05) is 5.56 Å². The molecule has 4 aromatic rings. The Morgan fingerprint density at radius 2 is 1.43 bits per heavy atom. The Bertz CT molecular complexity index is 1340. The first-order valence-corrected chi connectivity index (χ1v) is 11.0. The molecular weight excluding hydrogens is 394 g/mol. The van der Waals surface area contributed by atoms with E-state index in [2.05, 4.69) is 0 Å². The van der Waals surface area contributed by atoms with E-state index in [0.717, 1.165) is 15.3 Å². The molecule has 0 atom stereocenters. The van der Waals surface area contributed by atoms with Crippen molar-refractivity contribution in [1.29, 1.82) is 0 Å². The lowest BCUT2D eigenvalue weighted by Gasteiger charge is -2.25. The van der Waals surface area contributed by atoms with Crippen molar-refractivity contribution in [3.8, 4) is 0 Å². The highest BCUT2D eigenvalue weighted by atomic mass is 32.2. The summed E-state index contributed by atoms with van der Waals surface area (Å²) in [7, 11) is -4.13. The van der Waals surface area contributed by atoms with Gasteiger partial charge in [-0.1, -0.05) is 66.7 Å². The minimum absolute atomic E-state index is 0.0690. The minimum atomic E-state index is -4.13. The number of amides is 1. The summed E-state index contributed by atoms with van der Waals surface area (Å²) in [5, 5.41) is 1.59. The third-order valence-corrected chi connectivity index (χ3v) is 6.78. The van der Waals surface area contributed by atoms with Crippen molar-refractivity contribution in [2.45, 2.75) is 18.7 Å². The molecule has 0 saturated heterocycles. The quantitative estimate of drug-likeness (QED) is 0.443. The molecule has 150 valence electrons. The summed E-state index contributed by atoms with van der Waals surface area (Å²) >= 11 is 0. The van der Waals surface area contributed by atoms with Crippen LogP contribution in [0.25, 0.3) is 10.8 Å². The maximum Gasteiger partial charge on any atom is 0.272 e. The van der Waals surface area contributed by atoms with Crippen molar-refractivity contribution in [3.05, 3.63) is 108 Å². The predicted molar refractivity (Wildman–Crippen MR) is 120 cm³/mol. The van der Waals surface area contributed by atoms with Crippen LogP contribution in [0.3, 0.4) is 0 Å². The van der Waals surface area contributed by atoms with Crippen LogP contribution in [-0.2, 0) is 10.0 Å². The number of hydrogen-bond donors (Lipinski definition) is 0. The van der Waals surface area contributed by atoms with Crippen LogP contribution in [0.1, 0.15) is 21.5 Å². The molecule has 4 rings (SSSR count). The average Bonchev–Trinajstić information content (AvgIpc) is 2.76. The summed E-state index contributed by atoms with van der Waals surface area (Å²) in [6, 6.07) is 26.3. The van der Waals surface area contributed by atoms with Crippen molar-refractivity contribution in [2.75, 3.05) is 4.31 Å². The van der Waals surface area contributed by atoms with Crippen molar-refractivity contribution >= 4 is 32.4 Å². The molecule has 0 saturated carbocycles. The molecule has 4 aromatic carbocycles. The van der Waals surface area contributed by atoms with Crippen LogP contribution >= 0.6 is 0 Å². The number of hydrogen-bond acceptors (Lipinski definition) is 3. The molecule has 4 nitrogen and oxygen atoms in total. The van der Waals surface area contributed by atoms with Crippen LogP contribution in [-0.4, -0.2) is 14.3 Å². The Morgan fingerprint density at radius 1 is 0.767 bits per heavy atom. The van der Waals surface area contributed by atoms with Gasteiger partial charge in [0.1, 0.15) is 0 Å². The van der Waals surface area contributed by atoms with Gasteiger partial charge < -0.3 is 0 Å². The minimum Gasteiger partial charge on any atom is -0.268 e. The number of rotatable bonds is 4. The second-order valence-electron chi connectivity index (χ2n) is 7.20. The molecule has 0 aliphatic heterocycles. The zero-order valence-electron chi connectivity index (χ0n) is 16.7. The van der Waals surface area contributed by atoms with Gasteiger partial charge >= 0.3 is 0 Å². The molecule has 30 heavy (non-hydrogen) atoms. The monoisotopic (exact) mass is 415 g/mol. The van der Waals surface area contributed by atoms with Gasteiger partial charge in [-0.25, -0.2) is 8.42 Å². The van der Waals surface area contributed by atoms with E-state index >= 15 is 0 Å². The van der Waals surface area contributed by atoms with E-state index in [1.807, 2.05) is 49.4 Å². The Hall–Kier alpha value is -3.44. The van der Waals surface area contributed by atoms with E-state index in [0.29, 0.717) is 22.2 Å². The van der Waals surface area contributed by atoms with Crippen LogP contribution in [0, 0.1) is 13.8 Å². The van der Waals surface area contributed by atoms with E-state index < -0.39 is 15.9 Å². The number of benzene rings is 4. The smallest absolute Gasteiger partial charge is 0.268 e. The zero-order valence-corrected chi connectivity index (χ0v) is 17.6. The molecule has 5 heteroatoms. The maximum atomic E-state index is 13.8. The number of anilines is 1.